The number of rotatable bonds is 2. The van der Waals surface area contributed by atoms with E-state index in [9.17, 15) is 4.39 Å². The molecule has 0 saturated carbocycles. The predicted molar refractivity (Wildman–Crippen MR) is 60.9 cm³/mol. The minimum atomic E-state index is -0.307. The highest BCUT2D eigenvalue weighted by atomic mass is 19.1. The van der Waals surface area contributed by atoms with Gasteiger partial charge in [-0.2, -0.15) is 5.10 Å². The first-order chi connectivity index (χ1) is 7.58. The van der Waals surface area contributed by atoms with E-state index in [2.05, 4.69) is 5.10 Å². The van der Waals surface area contributed by atoms with E-state index in [1.54, 1.807) is 18.5 Å². The maximum Gasteiger partial charge on any atom is 0.149 e. The second-order valence-corrected chi connectivity index (χ2v) is 3.96. The van der Waals surface area contributed by atoms with Crippen LogP contribution in [0.4, 0.5) is 4.39 Å². The molecule has 0 bridgehead atoms. The van der Waals surface area contributed by atoms with Gasteiger partial charge in [-0.25, -0.2) is 9.07 Å². The van der Waals surface area contributed by atoms with E-state index < -0.39 is 0 Å². The summed E-state index contributed by atoms with van der Waals surface area (Å²) < 4.78 is 15.3. The summed E-state index contributed by atoms with van der Waals surface area (Å²) in [7, 11) is 0. The van der Waals surface area contributed by atoms with Crippen LogP contribution in [0.25, 0.3) is 5.69 Å². The largest absolute Gasteiger partial charge is 0.324 e. The van der Waals surface area contributed by atoms with Gasteiger partial charge in [0.2, 0.25) is 0 Å². The maximum absolute atomic E-state index is 13.8. The summed E-state index contributed by atoms with van der Waals surface area (Å²) in [4.78, 5) is 0. The third-order valence-corrected chi connectivity index (χ3v) is 2.46. The van der Waals surface area contributed by atoms with Crippen molar-refractivity contribution >= 4 is 0 Å². The Morgan fingerprint density at radius 3 is 2.69 bits per heavy atom. The normalized spacial score (nSPS) is 12.8. The van der Waals surface area contributed by atoms with Gasteiger partial charge in [-0.3, -0.25) is 0 Å². The lowest BCUT2D eigenvalue weighted by Crippen LogP contribution is -2.06. The van der Waals surface area contributed by atoms with Crippen LogP contribution in [0, 0.1) is 12.7 Å². The van der Waals surface area contributed by atoms with E-state index in [-0.39, 0.29) is 11.9 Å². The highest BCUT2D eigenvalue weighted by Gasteiger charge is 2.08. The van der Waals surface area contributed by atoms with Gasteiger partial charge in [0.1, 0.15) is 11.5 Å². The van der Waals surface area contributed by atoms with Crippen molar-refractivity contribution in [2.24, 2.45) is 5.73 Å². The highest BCUT2D eigenvalue weighted by Crippen LogP contribution is 2.18. The van der Waals surface area contributed by atoms with Crippen molar-refractivity contribution < 1.29 is 4.39 Å². The fourth-order valence-electron chi connectivity index (χ4n) is 1.54. The Kier molecular flexibility index (Phi) is 2.75. The van der Waals surface area contributed by atoms with Crippen LogP contribution >= 0.6 is 0 Å². The van der Waals surface area contributed by atoms with E-state index in [0.717, 1.165) is 11.1 Å². The SMILES string of the molecule is Cc1cnn(-c2ccc([C@@H](C)N)cc2F)c1. The van der Waals surface area contributed by atoms with E-state index in [4.69, 9.17) is 5.73 Å². The fourth-order valence-corrected chi connectivity index (χ4v) is 1.54. The second kappa shape index (κ2) is 4.06. The summed E-state index contributed by atoms with van der Waals surface area (Å²) in [6.45, 7) is 3.74. The molecule has 2 rings (SSSR count). The molecule has 1 heterocycles. The van der Waals surface area contributed by atoms with Gasteiger partial charge in [0.15, 0.2) is 0 Å². The van der Waals surface area contributed by atoms with Crippen LogP contribution in [0.3, 0.4) is 0 Å². The minimum absolute atomic E-state index is 0.164. The van der Waals surface area contributed by atoms with Gasteiger partial charge in [-0.05, 0) is 37.1 Å². The van der Waals surface area contributed by atoms with Crippen molar-refractivity contribution in [1.82, 2.24) is 9.78 Å². The first kappa shape index (κ1) is 10.8. The first-order valence-electron chi connectivity index (χ1n) is 5.14. The van der Waals surface area contributed by atoms with Crippen LogP contribution in [0.2, 0.25) is 0 Å². The molecule has 0 radical (unpaired) electrons. The Hall–Kier alpha value is -1.68. The lowest BCUT2D eigenvalue weighted by molar-refractivity contribution is 0.606. The molecular weight excluding hydrogens is 205 g/mol. The Morgan fingerprint density at radius 1 is 1.44 bits per heavy atom. The van der Waals surface area contributed by atoms with Gasteiger partial charge in [-0.1, -0.05) is 6.07 Å². The van der Waals surface area contributed by atoms with Gasteiger partial charge in [0.25, 0.3) is 0 Å². The molecule has 1 atom stereocenters. The summed E-state index contributed by atoms with van der Waals surface area (Å²) in [5.74, 6) is -0.307. The molecule has 84 valence electrons. The monoisotopic (exact) mass is 219 g/mol. The van der Waals surface area contributed by atoms with Crippen LogP contribution < -0.4 is 5.73 Å². The van der Waals surface area contributed by atoms with E-state index in [1.807, 2.05) is 19.9 Å². The van der Waals surface area contributed by atoms with E-state index in [1.165, 1.54) is 10.7 Å². The number of hydrogen-bond donors (Lipinski definition) is 1. The molecule has 0 aliphatic rings. The number of nitrogens with two attached hydrogens (primary N) is 1. The molecule has 0 amide bonds. The zero-order valence-corrected chi connectivity index (χ0v) is 9.31. The molecule has 1 aromatic heterocycles. The van der Waals surface area contributed by atoms with Crippen molar-refractivity contribution in [1.29, 1.82) is 0 Å². The Labute approximate surface area is 93.7 Å². The van der Waals surface area contributed by atoms with Crippen LogP contribution in [0.1, 0.15) is 24.1 Å². The molecule has 0 spiro atoms. The molecule has 16 heavy (non-hydrogen) atoms. The van der Waals surface area contributed by atoms with Crippen LogP contribution in [-0.4, -0.2) is 9.78 Å². The van der Waals surface area contributed by atoms with Crippen molar-refractivity contribution in [3.8, 4) is 5.69 Å². The van der Waals surface area contributed by atoms with Crippen molar-refractivity contribution in [2.45, 2.75) is 19.9 Å². The number of benzene rings is 1. The molecule has 0 aliphatic carbocycles. The predicted octanol–water partition coefficient (Wildman–Crippen LogP) is 2.34. The second-order valence-electron chi connectivity index (χ2n) is 3.96. The third-order valence-electron chi connectivity index (χ3n) is 2.46. The van der Waals surface area contributed by atoms with Crippen molar-refractivity contribution in [3.05, 3.63) is 47.5 Å². The average molecular weight is 219 g/mol. The first-order valence-corrected chi connectivity index (χ1v) is 5.14. The van der Waals surface area contributed by atoms with Gasteiger partial charge in [0.05, 0.1) is 6.20 Å². The smallest absolute Gasteiger partial charge is 0.149 e. The molecule has 0 saturated heterocycles. The zero-order chi connectivity index (χ0) is 11.7. The summed E-state index contributed by atoms with van der Waals surface area (Å²) in [5, 5.41) is 4.07. The summed E-state index contributed by atoms with van der Waals surface area (Å²) in [6.07, 6.45) is 3.48. The Bertz CT molecular complexity index is 503. The van der Waals surface area contributed by atoms with Crippen molar-refractivity contribution in [3.63, 3.8) is 0 Å². The molecule has 1 aromatic carbocycles. The number of aryl methyl sites for hydroxylation is 1. The highest BCUT2D eigenvalue weighted by molar-refractivity contribution is 5.37. The van der Waals surface area contributed by atoms with Crippen LogP contribution in [0.15, 0.2) is 30.6 Å². The zero-order valence-electron chi connectivity index (χ0n) is 9.31. The molecule has 0 aliphatic heterocycles. The lowest BCUT2D eigenvalue weighted by Gasteiger charge is -2.08. The molecule has 3 nitrogen and oxygen atoms in total. The van der Waals surface area contributed by atoms with E-state index in [0.29, 0.717) is 5.69 Å². The van der Waals surface area contributed by atoms with Gasteiger partial charge < -0.3 is 5.73 Å². The summed E-state index contributed by atoms with van der Waals surface area (Å²) in [6, 6.07) is 4.81. The van der Waals surface area contributed by atoms with E-state index >= 15 is 0 Å². The summed E-state index contributed by atoms with van der Waals surface area (Å²) in [5.41, 5.74) is 7.91. The number of nitrogens with zero attached hydrogens (tertiary/aromatic N) is 2. The molecular formula is C12H14FN3. The Balaban J connectivity index is 2.44. The minimum Gasteiger partial charge on any atom is -0.324 e. The fraction of sp³-hybridized carbons (Fsp3) is 0.250. The molecule has 2 N–H and O–H groups in total. The quantitative estimate of drug-likeness (QED) is 0.842. The molecule has 4 heteroatoms. The molecule has 2 aromatic rings. The summed E-state index contributed by atoms with van der Waals surface area (Å²) >= 11 is 0. The topological polar surface area (TPSA) is 43.8 Å². The van der Waals surface area contributed by atoms with Crippen molar-refractivity contribution in [2.75, 3.05) is 0 Å². The standard InChI is InChI=1S/C12H14FN3/c1-8-6-15-16(7-8)12-4-3-10(9(2)14)5-11(12)13/h3-7,9H,14H2,1-2H3/t9-/m1/s1. The third kappa shape index (κ3) is 1.97. The lowest BCUT2D eigenvalue weighted by atomic mass is 10.1. The maximum atomic E-state index is 13.8. The number of hydrogen-bond acceptors (Lipinski definition) is 2. The number of halogens is 1. The average Bonchev–Trinajstić information content (AvgIpc) is 2.64. The van der Waals surface area contributed by atoms with Gasteiger partial charge in [0, 0.05) is 12.2 Å². The number of aromatic nitrogens is 2. The van der Waals surface area contributed by atoms with Gasteiger partial charge >= 0.3 is 0 Å². The van der Waals surface area contributed by atoms with Gasteiger partial charge in [-0.15, -0.1) is 0 Å². The Morgan fingerprint density at radius 2 is 2.19 bits per heavy atom. The van der Waals surface area contributed by atoms with Crippen LogP contribution in [0.5, 0.6) is 0 Å². The van der Waals surface area contributed by atoms with Crippen LogP contribution in [-0.2, 0) is 0 Å². The molecule has 0 fully saturated rings. The molecule has 0 unspecified atom stereocenters.